The number of aromatic nitrogens is 1. The minimum absolute atomic E-state index is 0.104. The molecule has 1 N–H and O–H groups in total. The third kappa shape index (κ3) is 3.92. The molecule has 6 nitrogen and oxygen atoms in total. The normalized spacial score (nSPS) is 10.4. The second-order valence-electron chi connectivity index (χ2n) is 5.33. The Hall–Kier alpha value is -3.12. The lowest BCUT2D eigenvalue weighted by atomic mass is 10.2. The van der Waals surface area contributed by atoms with Crippen molar-refractivity contribution in [1.82, 2.24) is 4.98 Å². The molecule has 0 atom stereocenters. The van der Waals surface area contributed by atoms with E-state index in [9.17, 15) is 9.59 Å². The van der Waals surface area contributed by atoms with Crippen molar-refractivity contribution in [2.45, 2.75) is 0 Å². The van der Waals surface area contributed by atoms with Crippen LogP contribution in [0.1, 0.15) is 10.5 Å². The van der Waals surface area contributed by atoms with Crippen LogP contribution in [0.2, 0.25) is 5.02 Å². The molecule has 0 fully saturated rings. The molecular formula is C19H15ClN2O4. The minimum Gasteiger partial charge on any atom is -0.483 e. The predicted octanol–water partition coefficient (Wildman–Crippen LogP) is 3.69. The highest BCUT2D eigenvalue weighted by Gasteiger charge is 2.14. The molecule has 1 amide bonds. The number of anilines is 1. The Morgan fingerprint density at radius 1 is 1.12 bits per heavy atom. The molecule has 0 saturated carbocycles. The molecule has 0 unspecified atom stereocenters. The lowest BCUT2D eigenvalue weighted by Crippen LogP contribution is -2.20. The fraction of sp³-hybridized carbons (Fsp3) is 0.105. The van der Waals surface area contributed by atoms with Crippen molar-refractivity contribution >= 4 is 40.1 Å². The summed E-state index contributed by atoms with van der Waals surface area (Å²) in [7, 11) is 1.27. The number of ether oxygens (including phenoxy) is 2. The summed E-state index contributed by atoms with van der Waals surface area (Å²) < 4.78 is 10.3. The van der Waals surface area contributed by atoms with Crippen LogP contribution in [0.4, 0.5) is 5.69 Å². The number of carbonyl (C=O) groups excluding carboxylic acids is 2. The van der Waals surface area contributed by atoms with Gasteiger partial charge in [0.15, 0.2) is 12.3 Å². The summed E-state index contributed by atoms with van der Waals surface area (Å²) in [5.41, 5.74) is 1.17. The highest BCUT2D eigenvalue weighted by Crippen LogP contribution is 2.26. The molecule has 132 valence electrons. The number of pyridine rings is 1. The van der Waals surface area contributed by atoms with Crippen molar-refractivity contribution in [3.63, 3.8) is 0 Å². The first-order valence-electron chi connectivity index (χ1n) is 7.74. The Morgan fingerprint density at radius 2 is 1.85 bits per heavy atom. The molecule has 0 aliphatic carbocycles. The molecule has 1 aromatic heterocycles. The number of halogens is 1. The zero-order valence-corrected chi connectivity index (χ0v) is 14.6. The van der Waals surface area contributed by atoms with Gasteiger partial charge in [-0.15, -0.1) is 0 Å². The summed E-state index contributed by atoms with van der Waals surface area (Å²) in [5.74, 6) is -0.593. The van der Waals surface area contributed by atoms with Crippen molar-refractivity contribution in [1.29, 1.82) is 0 Å². The molecule has 3 rings (SSSR count). The van der Waals surface area contributed by atoms with Gasteiger partial charge in [-0.2, -0.15) is 0 Å². The van der Waals surface area contributed by atoms with E-state index in [1.807, 2.05) is 6.07 Å². The number of methoxy groups -OCH3 is 1. The van der Waals surface area contributed by atoms with Crippen molar-refractivity contribution in [3.8, 4) is 5.75 Å². The molecule has 0 spiro atoms. The first kappa shape index (κ1) is 17.7. The number of carbonyl (C=O) groups is 2. The Labute approximate surface area is 154 Å². The Kier molecular flexibility index (Phi) is 5.34. The van der Waals surface area contributed by atoms with E-state index < -0.39 is 5.97 Å². The van der Waals surface area contributed by atoms with Crippen LogP contribution in [0.25, 0.3) is 10.9 Å². The second kappa shape index (κ2) is 7.84. The molecule has 0 radical (unpaired) electrons. The molecule has 3 aromatic rings. The van der Waals surface area contributed by atoms with Gasteiger partial charge in [-0.05, 0) is 24.3 Å². The average molecular weight is 371 g/mol. The van der Waals surface area contributed by atoms with E-state index in [0.29, 0.717) is 27.4 Å². The highest BCUT2D eigenvalue weighted by atomic mass is 35.5. The van der Waals surface area contributed by atoms with Crippen LogP contribution in [-0.4, -0.2) is 30.6 Å². The number of para-hydroxylation sites is 2. The number of hydrogen-bond acceptors (Lipinski definition) is 5. The summed E-state index contributed by atoms with van der Waals surface area (Å²) in [4.78, 5) is 28.2. The Balaban J connectivity index is 1.80. The Bertz CT molecular complexity index is 975. The van der Waals surface area contributed by atoms with Crippen LogP contribution in [0, 0.1) is 0 Å². The van der Waals surface area contributed by atoms with Crippen LogP contribution in [0.3, 0.4) is 0 Å². The van der Waals surface area contributed by atoms with Crippen LogP contribution in [0.15, 0.2) is 54.6 Å². The summed E-state index contributed by atoms with van der Waals surface area (Å²) in [6.45, 7) is -0.250. The standard InChI is InChI=1S/C19H15ClN2O4/c1-25-19(24)16-10-17(12-6-2-4-8-14(12)21-16)26-11-18(23)22-15-9-5-3-7-13(15)20/h2-10H,11H2,1H3,(H,22,23). The van der Waals surface area contributed by atoms with E-state index in [1.165, 1.54) is 13.2 Å². The quantitative estimate of drug-likeness (QED) is 0.693. The maximum atomic E-state index is 12.1. The number of hydrogen-bond donors (Lipinski definition) is 1. The summed E-state index contributed by atoms with van der Waals surface area (Å²) >= 11 is 6.02. The van der Waals surface area contributed by atoms with Gasteiger partial charge in [0.25, 0.3) is 5.91 Å². The van der Waals surface area contributed by atoms with Gasteiger partial charge < -0.3 is 14.8 Å². The largest absolute Gasteiger partial charge is 0.483 e. The molecular weight excluding hydrogens is 356 g/mol. The number of esters is 1. The topological polar surface area (TPSA) is 77.5 Å². The summed E-state index contributed by atoms with van der Waals surface area (Å²) in [6.07, 6.45) is 0. The SMILES string of the molecule is COC(=O)c1cc(OCC(=O)Nc2ccccc2Cl)c2ccccc2n1. The van der Waals surface area contributed by atoms with E-state index in [2.05, 4.69) is 10.3 Å². The summed E-state index contributed by atoms with van der Waals surface area (Å²) in [6, 6.07) is 15.5. The number of rotatable bonds is 5. The zero-order chi connectivity index (χ0) is 18.5. The number of nitrogens with zero attached hydrogens (tertiary/aromatic N) is 1. The predicted molar refractivity (Wildman–Crippen MR) is 98.7 cm³/mol. The molecule has 26 heavy (non-hydrogen) atoms. The van der Waals surface area contributed by atoms with Crippen LogP contribution in [0.5, 0.6) is 5.75 Å². The van der Waals surface area contributed by atoms with Gasteiger partial charge in [-0.3, -0.25) is 4.79 Å². The van der Waals surface area contributed by atoms with Crippen molar-refractivity contribution in [3.05, 3.63) is 65.3 Å². The lowest BCUT2D eigenvalue weighted by Gasteiger charge is -2.11. The molecule has 0 aliphatic heterocycles. The first-order chi connectivity index (χ1) is 12.6. The fourth-order valence-corrected chi connectivity index (χ4v) is 2.55. The number of fused-ring (bicyclic) bond motifs is 1. The van der Waals surface area contributed by atoms with Gasteiger partial charge in [-0.25, -0.2) is 9.78 Å². The van der Waals surface area contributed by atoms with Crippen LogP contribution >= 0.6 is 11.6 Å². The maximum Gasteiger partial charge on any atom is 0.356 e. The van der Waals surface area contributed by atoms with Gasteiger partial charge in [0, 0.05) is 11.5 Å². The number of benzene rings is 2. The van der Waals surface area contributed by atoms with Crippen LogP contribution < -0.4 is 10.1 Å². The van der Waals surface area contributed by atoms with Gasteiger partial charge in [0.1, 0.15) is 5.75 Å². The smallest absolute Gasteiger partial charge is 0.356 e. The van der Waals surface area contributed by atoms with E-state index in [4.69, 9.17) is 21.1 Å². The van der Waals surface area contributed by atoms with Gasteiger partial charge >= 0.3 is 5.97 Å². The van der Waals surface area contributed by atoms with Gasteiger partial charge in [0.2, 0.25) is 0 Å². The molecule has 0 bridgehead atoms. The van der Waals surface area contributed by atoms with E-state index >= 15 is 0 Å². The highest BCUT2D eigenvalue weighted by molar-refractivity contribution is 6.33. The van der Waals surface area contributed by atoms with E-state index in [0.717, 1.165) is 0 Å². The van der Waals surface area contributed by atoms with E-state index in [-0.39, 0.29) is 18.2 Å². The Morgan fingerprint density at radius 3 is 2.62 bits per heavy atom. The average Bonchev–Trinajstić information content (AvgIpc) is 2.67. The van der Waals surface area contributed by atoms with Crippen molar-refractivity contribution < 1.29 is 19.1 Å². The minimum atomic E-state index is -0.582. The molecule has 1 heterocycles. The number of nitrogens with one attached hydrogen (secondary N) is 1. The van der Waals surface area contributed by atoms with Gasteiger partial charge in [-0.1, -0.05) is 35.9 Å². The van der Waals surface area contributed by atoms with E-state index in [1.54, 1.807) is 42.5 Å². The monoisotopic (exact) mass is 370 g/mol. The zero-order valence-electron chi connectivity index (χ0n) is 13.9. The van der Waals surface area contributed by atoms with Crippen molar-refractivity contribution in [2.24, 2.45) is 0 Å². The van der Waals surface area contributed by atoms with Crippen LogP contribution in [-0.2, 0) is 9.53 Å². The van der Waals surface area contributed by atoms with Crippen molar-refractivity contribution in [2.75, 3.05) is 19.0 Å². The third-order valence-electron chi connectivity index (χ3n) is 3.58. The molecule has 0 aliphatic rings. The first-order valence-corrected chi connectivity index (χ1v) is 8.11. The summed E-state index contributed by atoms with van der Waals surface area (Å²) in [5, 5.41) is 3.79. The lowest BCUT2D eigenvalue weighted by molar-refractivity contribution is -0.118. The molecule has 2 aromatic carbocycles. The number of amides is 1. The fourth-order valence-electron chi connectivity index (χ4n) is 2.36. The van der Waals surface area contributed by atoms with Gasteiger partial charge in [0.05, 0.1) is 23.3 Å². The molecule has 7 heteroatoms. The maximum absolute atomic E-state index is 12.1. The second-order valence-corrected chi connectivity index (χ2v) is 5.74. The third-order valence-corrected chi connectivity index (χ3v) is 3.91. The molecule has 0 saturated heterocycles.